The van der Waals surface area contributed by atoms with E-state index in [0.717, 1.165) is 5.69 Å². The van der Waals surface area contributed by atoms with Gasteiger partial charge in [0.2, 0.25) is 0 Å². The first-order valence-electron chi connectivity index (χ1n) is 5.86. The molecular weight excluding hydrogens is 212 g/mol. The van der Waals surface area contributed by atoms with E-state index in [2.05, 4.69) is 27.8 Å². The first-order valence-corrected chi connectivity index (χ1v) is 5.86. The van der Waals surface area contributed by atoms with E-state index in [1.807, 2.05) is 40.1 Å². The van der Waals surface area contributed by atoms with Gasteiger partial charge < -0.3 is 14.6 Å². The second kappa shape index (κ2) is 4.08. The largest absolute Gasteiger partial charge is 0.394 e. The van der Waals surface area contributed by atoms with Gasteiger partial charge in [-0.3, -0.25) is 0 Å². The molecule has 2 rings (SSSR count). The molecule has 0 radical (unpaired) electrons. The van der Waals surface area contributed by atoms with Crippen molar-refractivity contribution in [3.05, 3.63) is 30.5 Å². The first-order chi connectivity index (χ1) is 7.97. The lowest BCUT2D eigenvalue weighted by atomic mass is 10.0. The van der Waals surface area contributed by atoms with E-state index in [1.165, 1.54) is 10.9 Å². The van der Waals surface area contributed by atoms with E-state index in [-0.39, 0.29) is 12.1 Å². The highest BCUT2D eigenvalue weighted by Gasteiger charge is 2.24. The number of aliphatic hydroxyl groups excluding tert-OH is 1. The first kappa shape index (κ1) is 12.0. The molecule has 1 N–H and O–H groups in total. The molecule has 0 aliphatic carbocycles. The van der Waals surface area contributed by atoms with Gasteiger partial charge in [-0.05, 0) is 19.9 Å². The van der Waals surface area contributed by atoms with Crippen LogP contribution < -0.4 is 4.90 Å². The Morgan fingerprint density at radius 2 is 1.94 bits per heavy atom. The number of likely N-dealkylation sites (N-methyl/N-ethyl adjacent to an activating group) is 1. The van der Waals surface area contributed by atoms with E-state index in [4.69, 9.17) is 0 Å². The Labute approximate surface area is 102 Å². The van der Waals surface area contributed by atoms with Crippen LogP contribution in [0, 0.1) is 0 Å². The minimum absolute atomic E-state index is 0.132. The number of aryl methyl sites for hydroxylation is 1. The van der Waals surface area contributed by atoms with Crippen LogP contribution in [-0.4, -0.2) is 28.9 Å². The number of aromatic nitrogens is 1. The number of hydrogen-bond acceptors (Lipinski definition) is 2. The fourth-order valence-corrected chi connectivity index (χ4v) is 2.02. The standard InChI is InChI=1S/C14H20N2O/c1-14(2,10-17)16(4)13-9-15(3)12-8-6-5-7-11(12)13/h5-9,17H,10H2,1-4H3. The molecule has 1 aromatic carbocycles. The summed E-state index contributed by atoms with van der Waals surface area (Å²) in [5.74, 6) is 0. The molecule has 0 amide bonds. The lowest BCUT2D eigenvalue weighted by Gasteiger charge is -2.35. The van der Waals surface area contributed by atoms with Crippen molar-refractivity contribution >= 4 is 16.6 Å². The van der Waals surface area contributed by atoms with Gasteiger partial charge in [-0.15, -0.1) is 0 Å². The Balaban J connectivity index is 2.56. The molecule has 2 aromatic rings. The molecule has 1 aromatic heterocycles. The van der Waals surface area contributed by atoms with Crippen LogP contribution in [0.1, 0.15) is 13.8 Å². The summed E-state index contributed by atoms with van der Waals surface area (Å²) in [5.41, 5.74) is 2.11. The number of benzene rings is 1. The topological polar surface area (TPSA) is 28.4 Å². The zero-order valence-electron chi connectivity index (χ0n) is 10.9. The Kier molecular flexibility index (Phi) is 2.87. The third-order valence-corrected chi connectivity index (χ3v) is 3.53. The quantitative estimate of drug-likeness (QED) is 0.880. The van der Waals surface area contributed by atoms with Crippen LogP contribution in [0.4, 0.5) is 5.69 Å². The molecule has 17 heavy (non-hydrogen) atoms. The Morgan fingerprint density at radius 3 is 2.59 bits per heavy atom. The third-order valence-electron chi connectivity index (χ3n) is 3.53. The minimum Gasteiger partial charge on any atom is -0.394 e. The van der Waals surface area contributed by atoms with Crippen LogP contribution in [0.5, 0.6) is 0 Å². The van der Waals surface area contributed by atoms with Crippen molar-refractivity contribution < 1.29 is 5.11 Å². The highest BCUT2D eigenvalue weighted by atomic mass is 16.3. The van der Waals surface area contributed by atoms with Crippen molar-refractivity contribution in [1.82, 2.24) is 4.57 Å². The van der Waals surface area contributed by atoms with E-state index in [9.17, 15) is 5.11 Å². The maximum atomic E-state index is 9.46. The Morgan fingerprint density at radius 1 is 1.29 bits per heavy atom. The second-order valence-electron chi connectivity index (χ2n) is 5.17. The molecule has 3 nitrogen and oxygen atoms in total. The number of anilines is 1. The van der Waals surface area contributed by atoms with Crippen molar-refractivity contribution in [1.29, 1.82) is 0 Å². The van der Waals surface area contributed by atoms with Gasteiger partial charge in [0.05, 0.1) is 17.8 Å². The number of nitrogens with zero attached hydrogens (tertiary/aromatic N) is 2. The highest BCUT2D eigenvalue weighted by Crippen LogP contribution is 2.31. The van der Waals surface area contributed by atoms with Gasteiger partial charge in [0.15, 0.2) is 0 Å². The average Bonchev–Trinajstić information content (AvgIpc) is 2.66. The van der Waals surface area contributed by atoms with Crippen LogP contribution >= 0.6 is 0 Å². The van der Waals surface area contributed by atoms with Crippen molar-refractivity contribution in [2.24, 2.45) is 7.05 Å². The zero-order valence-corrected chi connectivity index (χ0v) is 10.9. The minimum atomic E-state index is -0.260. The molecule has 0 saturated heterocycles. The normalized spacial score (nSPS) is 12.1. The van der Waals surface area contributed by atoms with E-state index >= 15 is 0 Å². The number of hydrogen-bond donors (Lipinski definition) is 1. The molecule has 3 heteroatoms. The lowest BCUT2D eigenvalue weighted by Crippen LogP contribution is -2.44. The summed E-state index contributed by atoms with van der Waals surface area (Å²) in [4.78, 5) is 2.13. The second-order valence-corrected chi connectivity index (χ2v) is 5.17. The van der Waals surface area contributed by atoms with Crippen LogP contribution in [0.15, 0.2) is 30.5 Å². The van der Waals surface area contributed by atoms with Gasteiger partial charge in [-0.25, -0.2) is 0 Å². The summed E-state index contributed by atoms with van der Waals surface area (Å²) in [7, 11) is 4.07. The monoisotopic (exact) mass is 232 g/mol. The number of aliphatic hydroxyl groups is 1. The summed E-state index contributed by atoms with van der Waals surface area (Å²) >= 11 is 0. The average molecular weight is 232 g/mol. The summed E-state index contributed by atoms with van der Waals surface area (Å²) in [6.45, 7) is 4.20. The molecule has 0 aliphatic rings. The van der Waals surface area contributed by atoms with Crippen LogP contribution in [0.2, 0.25) is 0 Å². The summed E-state index contributed by atoms with van der Waals surface area (Å²) in [5, 5.41) is 10.7. The molecule has 92 valence electrons. The van der Waals surface area contributed by atoms with E-state index in [0.29, 0.717) is 0 Å². The fourth-order valence-electron chi connectivity index (χ4n) is 2.02. The molecule has 0 atom stereocenters. The van der Waals surface area contributed by atoms with Crippen LogP contribution in [-0.2, 0) is 7.05 Å². The number of fused-ring (bicyclic) bond motifs is 1. The van der Waals surface area contributed by atoms with Gasteiger partial charge in [0.25, 0.3) is 0 Å². The fraction of sp³-hybridized carbons (Fsp3) is 0.429. The molecule has 1 heterocycles. The summed E-state index contributed by atoms with van der Waals surface area (Å²) in [6.07, 6.45) is 2.11. The van der Waals surface area contributed by atoms with Gasteiger partial charge in [0.1, 0.15) is 0 Å². The molecular formula is C14H20N2O. The van der Waals surface area contributed by atoms with Gasteiger partial charge in [0, 0.05) is 31.2 Å². The highest BCUT2D eigenvalue weighted by molar-refractivity contribution is 5.93. The smallest absolute Gasteiger partial charge is 0.0658 e. The van der Waals surface area contributed by atoms with E-state index in [1.54, 1.807) is 0 Å². The van der Waals surface area contributed by atoms with Gasteiger partial charge in [-0.2, -0.15) is 0 Å². The molecule has 0 spiro atoms. The maximum absolute atomic E-state index is 9.46. The molecule has 0 saturated carbocycles. The van der Waals surface area contributed by atoms with Gasteiger partial charge in [-0.1, -0.05) is 18.2 Å². The zero-order chi connectivity index (χ0) is 12.6. The predicted molar refractivity (Wildman–Crippen MR) is 72.5 cm³/mol. The van der Waals surface area contributed by atoms with Crippen molar-refractivity contribution in [3.63, 3.8) is 0 Å². The SMILES string of the molecule is CN(c1cn(C)c2ccccc12)C(C)(C)CO. The van der Waals surface area contributed by atoms with Crippen molar-refractivity contribution in [2.45, 2.75) is 19.4 Å². The molecule has 0 fully saturated rings. The van der Waals surface area contributed by atoms with Crippen LogP contribution in [0.3, 0.4) is 0 Å². The Bertz CT molecular complexity index is 528. The third kappa shape index (κ3) is 1.91. The maximum Gasteiger partial charge on any atom is 0.0658 e. The molecule has 0 unspecified atom stereocenters. The molecule has 0 bridgehead atoms. The van der Waals surface area contributed by atoms with E-state index < -0.39 is 0 Å². The number of rotatable bonds is 3. The lowest BCUT2D eigenvalue weighted by molar-refractivity contribution is 0.216. The predicted octanol–water partition coefficient (Wildman–Crippen LogP) is 2.39. The molecule has 0 aliphatic heterocycles. The van der Waals surface area contributed by atoms with Crippen LogP contribution in [0.25, 0.3) is 10.9 Å². The summed E-state index contributed by atoms with van der Waals surface area (Å²) in [6, 6.07) is 8.32. The van der Waals surface area contributed by atoms with Crippen molar-refractivity contribution in [3.8, 4) is 0 Å². The summed E-state index contributed by atoms with van der Waals surface area (Å²) < 4.78 is 2.12. The van der Waals surface area contributed by atoms with Gasteiger partial charge >= 0.3 is 0 Å². The number of para-hydroxylation sites is 1. The van der Waals surface area contributed by atoms with Crippen molar-refractivity contribution in [2.75, 3.05) is 18.6 Å². The Hall–Kier alpha value is -1.48.